The van der Waals surface area contributed by atoms with Gasteiger partial charge in [-0.1, -0.05) is 0 Å². The summed E-state index contributed by atoms with van der Waals surface area (Å²) in [6.45, 7) is 0. The van der Waals surface area contributed by atoms with E-state index >= 15 is 0 Å². The van der Waals surface area contributed by atoms with Crippen LogP contribution in [0.15, 0.2) is 12.1 Å². The number of carbonyl (C=O) groups excluding carboxylic acids is 1. The number of fused-ring (bicyclic) bond motifs is 1. The van der Waals surface area contributed by atoms with E-state index in [0.29, 0.717) is 12.1 Å². The van der Waals surface area contributed by atoms with Gasteiger partial charge in [0.05, 0.1) is 12.1 Å². The maximum atomic E-state index is 11.2. The molecule has 68 valence electrons. The molecule has 4 nitrogen and oxygen atoms in total. The fourth-order valence-corrected chi connectivity index (χ4v) is 1.48. The van der Waals surface area contributed by atoms with Crippen LogP contribution in [0.5, 0.6) is 11.5 Å². The summed E-state index contributed by atoms with van der Waals surface area (Å²) in [6.07, 6.45) is 0.291. The molecule has 2 rings (SSSR count). The third-order valence-corrected chi connectivity index (χ3v) is 2.25. The molecule has 1 aliphatic heterocycles. The number of carbonyl (C=O) groups is 1. The van der Waals surface area contributed by atoms with Crippen molar-refractivity contribution in [1.82, 2.24) is 0 Å². The molecule has 0 fully saturated rings. The van der Waals surface area contributed by atoms with Crippen LogP contribution < -0.4 is 4.90 Å². The lowest BCUT2D eigenvalue weighted by Crippen LogP contribution is -2.20. The molecule has 0 aromatic heterocycles. The van der Waals surface area contributed by atoms with Gasteiger partial charge in [0.1, 0.15) is 0 Å². The highest BCUT2D eigenvalue weighted by molar-refractivity contribution is 6.01. The van der Waals surface area contributed by atoms with E-state index in [4.69, 9.17) is 0 Å². The Hall–Kier alpha value is -1.71. The zero-order chi connectivity index (χ0) is 9.59. The summed E-state index contributed by atoms with van der Waals surface area (Å²) in [5.74, 6) is -0.401. The highest BCUT2D eigenvalue weighted by atomic mass is 16.3. The lowest BCUT2D eigenvalue weighted by atomic mass is 10.1. The van der Waals surface area contributed by atoms with Gasteiger partial charge in [-0.3, -0.25) is 4.79 Å². The summed E-state index contributed by atoms with van der Waals surface area (Å²) >= 11 is 0. The zero-order valence-electron chi connectivity index (χ0n) is 7.11. The lowest BCUT2D eigenvalue weighted by Gasteiger charge is -2.10. The van der Waals surface area contributed by atoms with Gasteiger partial charge in [0.25, 0.3) is 0 Å². The number of likely N-dealkylation sites (N-methyl/N-ethyl adjacent to an activating group) is 1. The molecular formula is C9H9NO3. The van der Waals surface area contributed by atoms with Crippen LogP contribution in [-0.4, -0.2) is 23.2 Å². The van der Waals surface area contributed by atoms with E-state index in [1.807, 2.05) is 0 Å². The Morgan fingerprint density at radius 2 is 1.92 bits per heavy atom. The van der Waals surface area contributed by atoms with E-state index in [9.17, 15) is 15.0 Å². The smallest absolute Gasteiger partial charge is 0.231 e. The monoisotopic (exact) mass is 179 g/mol. The molecule has 1 aromatic rings. The Morgan fingerprint density at radius 3 is 2.62 bits per heavy atom. The van der Waals surface area contributed by atoms with Crippen LogP contribution in [0.1, 0.15) is 5.56 Å². The maximum Gasteiger partial charge on any atom is 0.231 e. The van der Waals surface area contributed by atoms with Gasteiger partial charge >= 0.3 is 0 Å². The van der Waals surface area contributed by atoms with Crippen molar-refractivity contribution in [2.45, 2.75) is 6.42 Å². The second-order valence-electron chi connectivity index (χ2n) is 3.10. The van der Waals surface area contributed by atoms with Crippen LogP contribution in [0, 0.1) is 0 Å². The largest absolute Gasteiger partial charge is 0.504 e. The summed E-state index contributed by atoms with van der Waals surface area (Å²) in [4.78, 5) is 12.7. The average molecular weight is 179 g/mol. The molecule has 0 aliphatic carbocycles. The number of amides is 1. The average Bonchev–Trinajstić information content (AvgIpc) is 2.32. The number of aromatic hydroxyl groups is 2. The van der Waals surface area contributed by atoms with Crippen LogP contribution in [0.3, 0.4) is 0 Å². The molecule has 0 atom stereocenters. The molecule has 13 heavy (non-hydrogen) atoms. The molecule has 0 saturated carbocycles. The summed E-state index contributed by atoms with van der Waals surface area (Å²) < 4.78 is 0. The third kappa shape index (κ3) is 1.02. The number of nitrogens with zero attached hydrogens (tertiary/aromatic N) is 1. The Labute approximate surface area is 75.0 Å². The Kier molecular flexibility index (Phi) is 1.45. The molecular weight excluding hydrogens is 170 g/mol. The highest BCUT2D eigenvalue weighted by Crippen LogP contribution is 2.36. The lowest BCUT2D eigenvalue weighted by molar-refractivity contribution is -0.117. The van der Waals surface area contributed by atoms with E-state index in [-0.39, 0.29) is 17.4 Å². The minimum atomic E-state index is -0.194. The molecule has 1 aliphatic rings. The second-order valence-corrected chi connectivity index (χ2v) is 3.10. The summed E-state index contributed by atoms with van der Waals surface area (Å²) in [5, 5.41) is 18.4. The standard InChI is InChI=1S/C9H9NO3/c1-10-6-4-8(12)7(11)2-5(6)3-9(10)13/h2,4,11-12H,3H2,1H3. The van der Waals surface area contributed by atoms with Gasteiger partial charge in [0.15, 0.2) is 11.5 Å². The number of phenols is 2. The SMILES string of the molecule is CN1C(=O)Cc2cc(O)c(O)cc21. The molecule has 2 N–H and O–H groups in total. The van der Waals surface area contributed by atoms with Crippen molar-refractivity contribution >= 4 is 11.6 Å². The molecule has 1 aromatic carbocycles. The van der Waals surface area contributed by atoms with Gasteiger partial charge in [-0.25, -0.2) is 0 Å². The van der Waals surface area contributed by atoms with Crippen LogP contribution in [0.4, 0.5) is 5.69 Å². The number of phenolic OH excluding ortho intramolecular Hbond substituents is 2. The summed E-state index contributed by atoms with van der Waals surface area (Å²) in [7, 11) is 1.64. The first-order chi connectivity index (χ1) is 6.09. The first-order valence-corrected chi connectivity index (χ1v) is 3.91. The molecule has 0 bridgehead atoms. The quantitative estimate of drug-likeness (QED) is 0.574. The highest BCUT2D eigenvalue weighted by Gasteiger charge is 2.25. The molecule has 0 saturated heterocycles. The number of anilines is 1. The Morgan fingerprint density at radius 1 is 1.31 bits per heavy atom. The van der Waals surface area contributed by atoms with Gasteiger partial charge in [-0.2, -0.15) is 0 Å². The zero-order valence-corrected chi connectivity index (χ0v) is 7.11. The van der Waals surface area contributed by atoms with Crippen molar-refractivity contribution in [3.63, 3.8) is 0 Å². The third-order valence-electron chi connectivity index (χ3n) is 2.25. The van der Waals surface area contributed by atoms with Gasteiger partial charge < -0.3 is 15.1 Å². The fourth-order valence-electron chi connectivity index (χ4n) is 1.48. The summed E-state index contributed by atoms with van der Waals surface area (Å²) in [5.41, 5.74) is 1.42. The van der Waals surface area contributed by atoms with Crippen molar-refractivity contribution in [3.05, 3.63) is 17.7 Å². The molecule has 1 heterocycles. The first kappa shape index (κ1) is 7.91. The van der Waals surface area contributed by atoms with Gasteiger partial charge in [0.2, 0.25) is 5.91 Å². The minimum Gasteiger partial charge on any atom is -0.504 e. The number of benzene rings is 1. The molecule has 0 radical (unpaired) electrons. The van der Waals surface area contributed by atoms with Crippen molar-refractivity contribution in [3.8, 4) is 11.5 Å². The number of hydrogen-bond donors (Lipinski definition) is 2. The van der Waals surface area contributed by atoms with Crippen molar-refractivity contribution < 1.29 is 15.0 Å². The number of rotatable bonds is 0. The fraction of sp³-hybridized carbons (Fsp3) is 0.222. The number of hydrogen-bond acceptors (Lipinski definition) is 3. The maximum absolute atomic E-state index is 11.2. The van der Waals surface area contributed by atoms with Crippen LogP contribution in [0.25, 0.3) is 0 Å². The van der Waals surface area contributed by atoms with Gasteiger partial charge in [0, 0.05) is 13.1 Å². The van der Waals surface area contributed by atoms with Crippen LogP contribution in [0.2, 0.25) is 0 Å². The molecule has 0 spiro atoms. The van der Waals surface area contributed by atoms with E-state index in [1.165, 1.54) is 17.0 Å². The Balaban J connectivity index is 2.59. The predicted octanol–water partition coefficient (Wildman–Crippen LogP) is 0.617. The van der Waals surface area contributed by atoms with Crippen LogP contribution >= 0.6 is 0 Å². The molecule has 0 unspecified atom stereocenters. The van der Waals surface area contributed by atoms with Crippen LogP contribution in [-0.2, 0) is 11.2 Å². The van der Waals surface area contributed by atoms with E-state index in [0.717, 1.165) is 5.56 Å². The normalized spacial score (nSPS) is 14.8. The van der Waals surface area contributed by atoms with Gasteiger partial charge in [-0.05, 0) is 11.6 Å². The predicted molar refractivity (Wildman–Crippen MR) is 46.9 cm³/mol. The topological polar surface area (TPSA) is 60.8 Å². The van der Waals surface area contributed by atoms with Crippen molar-refractivity contribution in [2.75, 3.05) is 11.9 Å². The summed E-state index contributed by atoms with van der Waals surface area (Å²) in [6, 6.07) is 2.82. The van der Waals surface area contributed by atoms with Crippen molar-refractivity contribution in [2.24, 2.45) is 0 Å². The molecule has 4 heteroatoms. The van der Waals surface area contributed by atoms with Gasteiger partial charge in [-0.15, -0.1) is 0 Å². The van der Waals surface area contributed by atoms with E-state index in [1.54, 1.807) is 7.05 Å². The first-order valence-electron chi connectivity index (χ1n) is 3.91. The van der Waals surface area contributed by atoms with E-state index in [2.05, 4.69) is 0 Å². The van der Waals surface area contributed by atoms with Crippen molar-refractivity contribution in [1.29, 1.82) is 0 Å². The van der Waals surface area contributed by atoms with E-state index < -0.39 is 0 Å². The Bertz CT molecular complexity index is 387. The molecule has 1 amide bonds. The minimum absolute atomic E-state index is 0.0278. The second kappa shape index (κ2) is 2.39.